The van der Waals surface area contributed by atoms with Crippen molar-refractivity contribution in [2.75, 3.05) is 5.32 Å². The van der Waals surface area contributed by atoms with Gasteiger partial charge in [-0.05, 0) is 12.3 Å². The molecule has 0 aliphatic rings. The van der Waals surface area contributed by atoms with Crippen LogP contribution < -0.4 is 5.32 Å². The summed E-state index contributed by atoms with van der Waals surface area (Å²) in [5.41, 5.74) is 2.62. The number of imidazole rings is 1. The van der Waals surface area contributed by atoms with Gasteiger partial charge in [0.15, 0.2) is 11.5 Å². The van der Waals surface area contributed by atoms with Crippen LogP contribution in [0.3, 0.4) is 0 Å². The first-order valence-corrected chi connectivity index (χ1v) is 8.75. The first-order valence-electron chi connectivity index (χ1n) is 8.37. The minimum Gasteiger partial charge on any atom is -0.312 e. The number of H-pyrrole nitrogens is 1. The first-order chi connectivity index (χ1) is 13.0. The third-order valence-corrected chi connectivity index (χ3v) is 4.66. The molecule has 1 aromatic carbocycles. The van der Waals surface area contributed by atoms with Crippen molar-refractivity contribution < 1.29 is 9.18 Å². The Kier molecular flexibility index (Phi) is 4.27. The Morgan fingerprint density at radius 1 is 1.37 bits per heavy atom. The van der Waals surface area contributed by atoms with Gasteiger partial charge in [0.25, 0.3) is 0 Å². The summed E-state index contributed by atoms with van der Waals surface area (Å²) in [7, 11) is 0. The summed E-state index contributed by atoms with van der Waals surface area (Å²) in [5.74, 6) is 0.187. The topological polar surface area (TPSA) is 88.0 Å². The molecule has 0 aliphatic heterocycles. The molecule has 0 spiro atoms. The summed E-state index contributed by atoms with van der Waals surface area (Å²) in [5, 5.41) is 10.2. The molecule has 0 aliphatic carbocycles. The molecule has 138 valence electrons. The first kappa shape index (κ1) is 17.4. The van der Waals surface area contributed by atoms with Crippen LogP contribution >= 0.6 is 11.6 Å². The number of hydrogen-bond donors (Lipinski definition) is 2. The Morgan fingerprint density at radius 3 is 2.93 bits per heavy atom. The molecule has 4 rings (SSSR count). The molecule has 0 bridgehead atoms. The Labute approximate surface area is 158 Å². The van der Waals surface area contributed by atoms with Gasteiger partial charge in [0.2, 0.25) is 6.41 Å². The van der Waals surface area contributed by atoms with Gasteiger partial charge in [-0.25, -0.2) is 9.37 Å². The Bertz CT molecular complexity index is 1170. The number of benzene rings is 1. The third-order valence-electron chi connectivity index (χ3n) is 4.30. The van der Waals surface area contributed by atoms with Crippen LogP contribution in [0.25, 0.3) is 27.8 Å². The molecule has 0 fully saturated rings. The van der Waals surface area contributed by atoms with Crippen LogP contribution in [0.4, 0.5) is 10.2 Å². The highest BCUT2D eigenvalue weighted by atomic mass is 35.5. The monoisotopic (exact) mass is 386 g/mol. The van der Waals surface area contributed by atoms with Crippen molar-refractivity contribution in [3.05, 3.63) is 41.2 Å². The van der Waals surface area contributed by atoms with E-state index in [1.54, 1.807) is 23.0 Å². The van der Waals surface area contributed by atoms with Gasteiger partial charge in [0.05, 0.1) is 34.8 Å². The molecule has 0 radical (unpaired) electrons. The van der Waals surface area contributed by atoms with E-state index in [0.29, 0.717) is 52.0 Å². The average molecular weight is 387 g/mol. The standard InChI is InChI=1S/C18H16ClFN6O/c1-9(2)3-10-17(20)16(19)15(11-4-23-25-18(10)11)12-6-26-7-13(22-8-27)24-14(26)5-21-12/h4-9H,3H2,1-2H3,(H,22,27)(H,23,25). The van der Waals surface area contributed by atoms with E-state index < -0.39 is 5.82 Å². The molecule has 3 heterocycles. The number of aromatic amines is 1. The quantitative estimate of drug-likeness (QED) is 0.510. The van der Waals surface area contributed by atoms with Gasteiger partial charge >= 0.3 is 0 Å². The van der Waals surface area contributed by atoms with Gasteiger partial charge in [-0.3, -0.25) is 14.9 Å². The minimum atomic E-state index is -0.465. The second-order valence-electron chi connectivity index (χ2n) is 6.66. The second kappa shape index (κ2) is 6.62. The van der Waals surface area contributed by atoms with E-state index in [-0.39, 0.29) is 10.9 Å². The summed E-state index contributed by atoms with van der Waals surface area (Å²) in [6.45, 7) is 4.03. The predicted octanol–water partition coefficient (Wildman–Crippen LogP) is 3.83. The van der Waals surface area contributed by atoms with Crippen molar-refractivity contribution in [2.45, 2.75) is 20.3 Å². The maximum Gasteiger partial charge on any atom is 0.212 e. The number of nitrogens with one attached hydrogen (secondary N) is 2. The number of rotatable bonds is 5. The zero-order valence-electron chi connectivity index (χ0n) is 14.6. The van der Waals surface area contributed by atoms with Gasteiger partial charge in [0.1, 0.15) is 5.82 Å². The van der Waals surface area contributed by atoms with Crippen molar-refractivity contribution in [2.24, 2.45) is 5.92 Å². The molecule has 0 atom stereocenters. The largest absolute Gasteiger partial charge is 0.312 e. The average Bonchev–Trinajstić information content (AvgIpc) is 3.25. The third kappa shape index (κ3) is 2.91. The number of carbonyl (C=O) groups excluding carboxylic acids is 1. The van der Waals surface area contributed by atoms with E-state index in [1.807, 2.05) is 13.8 Å². The molecule has 0 saturated carbocycles. The lowest BCUT2D eigenvalue weighted by atomic mass is 9.96. The van der Waals surface area contributed by atoms with Crippen molar-refractivity contribution in [3.63, 3.8) is 0 Å². The van der Waals surface area contributed by atoms with Crippen LogP contribution in [0.2, 0.25) is 5.02 Å². The summed E-state index contributed by atoms with van der Waals surface area (Å²) >= 11 is 6.42. The molecular formula is C18H16ClFN6O. The van der Waals surface area contributed by atoms with Crippen LogP contribution in [-0.2, 0) is 11.2 Å². The predicted molar refractivity (Wildman–Crippen MR) is 101 cm³/mol. The van der Waals surface area contributed by atoms with Gasteiger partial charge in [-0.2, -0.15) is 5.10 Å². The molecule has 7 nitrogen and oxygen atoms in total. The van der Waals surface area contributed by atoms with Crippen LogP contribution in [-0.4, -0.2) is 31.0 Å². The second-order valence-corrected chi connectivity index (χ2v) is 7.04. The molecule has 3 aromatic heterocycles. The van der Waals surface area contributed by atoms with Crippen LogP contribution in [0.15, 0.2) is 24.8 Å². The van der Waals surface area contributed by atoms with E-state index in [4.69, 9.17) is 11.6 Å². The number of anilines is 1. The van der Waals surface area contributed by atoms with E-state index >= 15 is 4.39 Å². The summed E-state index contributed by atoms with van der Waals surface area (Å²) in [6, 6.07) is 0. The van der Waals surface area contributed by atoms with Gasteiger partial charge in [-0.1, -0.05) is 25.4 Å². The van der Waals surface area contributed by atoms with E-state index in [9.17, 15) is 4.79 Å². The number of aromatic nitrogens is 5. The van der Waals surface area contributed by atoms with Crippen LogP contribution in [0.5, 0.6) is 0 Å². The van der Waals surface area contributed by atoms with Gasteiger partial charge < -0.3 is 9.72 Å². The summed E-state index contributed by atoms with van der Waals surface area (Å²) < 4.78 is 16.7. The van der Waals surface area contributed by atoms with E-state index in [1.165, 1.54) is 6.20 Å². The number of fused-ring (bicyclic) bond motifs is 2. The molecular weight excluding hydrogens is 371 g/mol. The van der Waals surface area contributed by atoms with Gasteiger partial charge in [-0.15, -0.1) is 0 Å². The number of halogens is 2. The smallest absolute Gasteiger partial charge is 0.212 e. The Hall–Kier alpha value is -3.00. The van der Waals surface area contributed by atoms with E-state index in [0.717, 1.165) is 0 Å². The molecule has 0 unspecified atom stereocenters. The minimum absolute atomic E-state index is 0.0118. The van der Waals surface area contributed by atoms with Crippen molar-refractivity contribution in [3.8, 4) is 11.3 Å². The molecule has 1 amide bonds. The lowest BCUT2D eigenvalue weighted by Crippen LogP contribution is -2.02. The van der Waals surface area contributed by atoms with Crippen molar-refractivity contribution >= 4 is 40.4 Å². The molecule has 9 heteroatoms. The summed E-state index contributed by atoms with van der Waals surface area (Å²) in [4.78, 5) is 19.2. The zero-order valence-corrected chi connectivity index (χ0v) is 15.4. The summed E-state index contributed by atoms with van der Waals surface area (Å²) in [6.07, 6.45) is 7.57. The van der Waals surface area contributed by atoms with Crippen LogP contribution in [0, 0.1) is 11.7 Å². The number of amides is 1. The highest BCUT2D eigenvalue weighted by Crippen LogP contribution is 2.39. The van der Waals surface area contributed by atoms with Gasteiger partial charge in [0, 0.05) is 22.7 Å². The van der Waals surface area contributed by atoms with Crippen LogP contribution in [0.1, 0.15) is 19.4 Å². The molecule has 4 aromatic rings. The fraction of sp³-hybridized carbons (Fsp3) is 0.222. The molecule has 0 saturated heterocycles. The molecule has 2 N–H and O–H groups in total. The highest BCUT2D eigenvalue weighted by Gasteiger charge is 2.22. The highest BCUT2D eigenvalue weighted by molar-refractivity contribution is 6.35. The maximum atomic E-state index is 15.1. The van der Waals surface area contributed by atoms with Crippen molar-refractivity contribution in [1.82, 2.24) is 24.6 Å². The van der Waals surface area contributed by atoms with Crippen molar-refractivity contribution in [1.29, 1.82) is 0 Å². The molecule has 27 heavy (non-hydrogen) atoms. The fourth-order valence-corrected chi connectivity index (χ4v) is 3.50. The number of nitrogens with zero attached hydrogens (tertiary/aromatic N) is 4. The SMILES string of the molecule is CC(C)Cc1c(F)c(Cl)c(-c2cn3cc(NC=O)nc3cn2)c2cn[nH]c12. The lowest BCUT2D eigenvalue weighted by Gasteiger charge is -2.13. The maximum absolute atomic E-state index is 15.1. The number of carbonyl (C=O) groups is 1. The Balaban J connectivity index is 1.93. The lowest BCUT2D eigenvalue weighted by molar-refractivity contribution is -0.105. The Morgan fingerprint density at radius 2 is 2.19 bits per heavy atom. The fourth-order valence-electron chi connectivity index (χ4n) is 3.18. The normalized spacial score (nSPS) is 11.6. The van der Waals surface area contributed by atoms with E-state index in [2.05, 4.69) is 25.5 Å². The zero-order chi connectivity index (χ0) is 19.1. The number of hydrogen-bond acceptors (Lipinski definition) is 4.